The Morgan fingerprint density at radius 3 is 2.53 bits per heavy atom. The van der Waals surface area contributed by atoms with Gasteiger partial charge in [0, 0.05) is 6.42 Å². The molecule has 1 aromatic carbocycles. The monoisotopic (exact) mass is 262 g/mol. The molecule has 2 N–H and O–H groups in total. The third-order valence-corrected chi connectivity index (χ3v) is 4.68. The van der Waals surface area contributed by atoms with E-state index in [1.807, 2.05) is 0 Å². The van der Waals surface area contributed by atoms with Crippen molar-refractivity contribution in [2.75, 3.05) is 0 Å². The van der Waals surface area contributed by atoms with E-state index in [2.05, 4.69) is 39.0 Å². The molecule has 0 bridgehead atoms. The number of aliphatic hydroxyl groups is 2. The van der Waals surface area contributed by atoms with Gasteiger partial charge >= 0.3 is 0 Å². The van der Waals surface area contributed by atoms with Gasteiger partial charge in [0.25, 0.3) is 0 Å². The summed E-state index contributed by atoms with van der Waals surface area (Å²) < 4.78 is 0. The summed E-state index contributed by atoms with van der Waals surface area (Å²) in [7, 11) is 0. The molecular weight excluding hydrogens is 236 g/mol. The number of hydrogen-bond acceptors (Lipinski definition) is 2. The van der Waals surface area contributed by atoms with E-state index in [-0.39, 0.29) is 0 Å². The fourth-order valence-corrected chi connectivity index (χ4v) is 3.01. The summed E-state index contributed by atoms with van der Waals surface area (Å²) in [6.07, 6.45) is 3.37. The molecule has 1 atom stereocenters. The highest BCUT2D eigenvalue weighted by Crippen LogP contribution is 2.35. The molecule has 2 rings (SSSR count). The molecule has 1 fully saturated rings. The van der Waals surface area contributed by atoms with E-state index in [0.29, 0.717) is 12.3 Å². The predicted molar refractivity (Wildman–Crippen MR) is 78.2 cm³/mol. The van der Waals surface area contributed by atoms with Gasteiger partial charge in [0.05, 0.1) is 11.7 Å². The van der Waals surface area contributed by atoms with Gasteiger partial charge in [-0.1, -0.05) is 30.7 Å². The average molecular weight is 262 g/mol. The highest BCUT2D eigenvalue weighted by atomic mass is 16.3. The summed E-state index contributed by atoms with van der Waals surface area (Å²) in [6, 6.07) is 6.29. The topological polar surface area (TPSA) is 40.5 Å². The Morgan fingerprint density at radius 1 is 1.26 bits per heavy atom. The molecule has 1 unspecified atom stereocenters. The van der Waals surface area contributed by atoms with E-state index in [1.54, 1.807) is 0 Å². The first kappa shape index (κ1) is 14.5. The molecule has 0 aliphatic heterocycles. The number of hydrogen-bond donors (Lipinski definition) is 2. The van der Waals surface area contributed by atoms with Crippen molar-refractivity contribution < 1.29 is 10.2 Å². The van der Waals surface area contributed by atoms with Crippen molar-refractivity contribution in [3.8, 4) is 0 Å². The Hall–Kier alpha value is -0.860. The van der Waals surface area contributed by atoms with E-state index < -0.39 is 11.7 Å². The van der Waals surface area contributed by atoms with E-state index in [0.717, 1.165) is 31.2 Å². The molecule has 19 heavy (non-hydrogen) atoms. The van der Waals surface area contributed by atoms with Crippen LogP contribution < -0.4 is 0 Å². The number of aryl methyl sites for hydroxylation is 2. The normalized spacial score (nSPS) is 29.2. The lowest BCUT2D eigenvalue weighted by atomic mass is 9.75. The minimum absolute atomic E-state index is 0.554. The molecule has 1 aliphatic carbocycles. The van der Waals surface area contributed by atoms with Crippen LogP contribution in [-0.4, -0.2) is 21.9 Å². The Bertz CT molecular complexity index is 431. The first-order valence-corrected chi connectivity index (χ1v) is 7.37. The zero-order chi connectivity index (χ0) is 14.0. The summed E-state index contributed by atoms with van der Waals surface area (Å²) in [5.41, 5.74) is 2.66. The highest BCUT2D eigenvalue weighted by molar-refractivity contribution is 5.31. The van der Waals surface area contributed by atoms with Crippen molar-refractivity contribution in [3.63, 3.8) is 0 Å². The van der Waals surface area contributed by atoms with Crippen molar-refractivity contribution in [1.82, 2.24) is 0 Å². The second kappa shape index (κ2) is 5.64. The summed E-state index contributed by atoms with van der Waals surface area (Å²) in [4.78, 5) is 0. The van der Waals surface area contributed by atoms with Crippen LogP contribution in [0.4, 0.5) is 0 Å². The van der Waals surface area contributed by atoms with Crippen LogP contribution in [0.2, 0.25) is 0 Å². The van der Waals surface area contributed by atoms with Crippen LogP contribution in [0.15, 0.2) is 18.2 Å². The zero-order valence-corrected chi connectivity index (χ0v) is 12.3. The lowest BCUT2D eigenvalue weighted by molar-refractivity contribution is -0.102. The Morgan fingerprint density at radius 2 is 1.89 bits per heavy atom. The van der Waals surface area contributed by atoms with Gasteiger partial charge in [-0.15, -0.1) is 0 Å². The molecule has 0 saturated heterocycles. The van der Waals surface area contributed by atoms with Crippen LogP contribution >= 0.6 is 0 Å². The van der Waals surface area contributed by atoms with Gasteiger partial charge in [-0.3, -0.25) is 0 Å². The lowest BCUT2D eigenvalue weighted by Crippen LogP contribution is -2.46. The number of rotatable bonds is 3. The van der Waals surface area contributed by atoms with Crippen LogP contribution in [0.1, 0.15) is 49.3 Å². The molecule has 0 radical (unpaired) electrons. The van der Waals surface area contributed by atoms with E-state index in [4.69, 9.17) is 0 Å². The van der Waals surface area contributed by atoms with Crippen LogP contribution in [0, 0.1) is 19.8 Å². The van der Waals surface area contributed by atoms with E-state index >= 15 is 0 Å². The molecule has 0 aromatic heterocycles. The molecule has 1 saturated carbocycles. The standard InChI is InChI=1S/C17H26O2/c1-12-6-8-17(19,9-7-12)16(18)11-15-10-13(2)4-5-14(15)3/h4-5,10,12,16,18-19H,6-9,11H2,1-3H3. The van der Waals surface area contributed by atoms with Crippen LogP contribution in [-0.2, 0) is 6.42 Å². The maximum Gasteiger partial charge on any atom is 0.0908 e. The SMILES string of the molecule is Cc1ccc(C)c(CC(O)C2(O)CCC(C)CC2)c1. The maximum atomic E-state index is 10.6. The summed E-state index contributed by atoms with van der Waals surface area (Å²) in [5.74, 6) is 0.674. The first-order valence-electron chi connectivity index (χ1n) is 7.37. The summed E-state index contributed by atoms with van der Waals surface area (Å²) >= 11 is 0. The second-order valence-corrected chi connectivity index (χ2v) is 6.44. The van der Waals surface area contributed by atoms with Crippen LogP contribution in [0.5, 0.6) is 0 Å². The third-order valence-electron chi connectivity index (χ3n) is 4.68. The second-order valence-electron chi connectivity index (χ2n) is 6.44. The Kier molecular flexibility index (Phi) is 4.32. The average Bonchev–Trinajstić information content (AvgIpc) is 2.37. The molecule has 2 heteroatoms. The zero-order valence-electron chi connectivity index (χ0n) is 12.3. The van der Waals surface area contributed by atoms with Crippen molar-refractivity contribution in [3.05, 3.63) is 34.9 Å². The quantitative estimate of drug-likeness (QED) is 0.878. The molecule has 0 spiro atoms. The smallest absolute Gasteiger partial charge is 0.0908 e. The Balaban J connectivity index is 2.08. The molecular formula is C17H26O2. The number of benzene rings is 1. The molecule has 0 heterocycles. The third kappa shape index (κ3) is 3.37. The van der Waals surface area contributed by atoms with Crippen molar-refractivity contribution in [2.45, 2.75) is 64.6 Å². The molecule has 1 aliphatic rings. The van der Waals surface area contributed by atoms with Gasteiger partial charge in [-0.05, 0) is 56.6 Å². The molecule has 0 amide bonds. The maximum absolute atomic E-state index is 10.6. The van der Waals surface area contributed by atoms with Gasteiger partial charge in [0.1, 0.15) is 0 Å². The lowest BCUT2D eigenvalue weighted by Gasteiger charge is -2.38. The molecule has 2 nitrogen and oxygen atoms in total. The van der Waals surface area contributed by atoms with Crippen LogP contribution in [0.3, 0.4) is 0 Å². The highest BCUT2D eigenvalue weighted by Gasteiger charge is 2.38. The van der Waals surface area contributed by atoms with Gasteiger partial charge in [0.15, 0.2) is 0 Å². The van der Waals surface area contributed by atoms with E-state index in [9.17, 15) is 10.2 Å². The predicted octanol–water partition coefficient (Wildman–Crippen LogP) is 3.15. The van der Waals surface area contributed by atoms with Crippen molar-refractivity contribution in [1.29, 1.82) is 0 Å². The Labute approximate surface area is 116 Å². The minimum Gasteiger partial charge on any atom is -0.390 e. The van der Waals surface area contributed by atoms with Crippen LogP contribution in [0.25, 0.3) is 0 Å². The van der Waals surface area contributed by atoms with Crippen molar-refractivity contribution in [2.24, 2.45) is 5.92 Å². The molecule has 1 aromatic rings. The minimum atomic E-state index is -0.886. The van der Waals surface area contributed by atoms with Gasteiger partial charge in [0.2, 0.25) is 0 Å². The summed E-state index contributed by atoms with van der Waals surface area (Å²) in [5, 5.41) is 21.1. The number of aliphatic hydroxyl groups excluding tert-OH is 1. The van der Waals surface area contributed by atoms with E-state index in [1.165, 1.54) is 11.1 Å². The van der Waals surface area contributed by atoms with Crippen molar-refractivity contribution >= 4 is 0 Å². The fraction of sp³-hybridized carbons (Fsp3) is 0.647. The molecule has 106 valence electrons. The first-order chi connectivity index (χ1) is 8.90. The fourth-order valence-electron chi connectivity index (χ4n) is 3.01. The van der Waals surface area contributed by atoms with Gasteiger partial charge < -0.3 is 10.2 Å². The van der Waals surface area contributed by atoms with Gasteiger partial charge in [-0.2, -0.15) is 0 Å². The van der Waals surface area contributed by atoms with Gasteiger partial charge in [-0.25, -0.2) is 0 Å². The summed E-state index contributed by atoms with van der Waals surface area (Å²) in [6.45, 7) is 6.34. The largest absolute Gasteiger partial charge is 0.390 e.